The average molecular weight is 359 g/mol. The minimum Gasteiger partial charge on any atom is -0.481 e. The highest BCUT2D eigenvalue weighted by molar-refractivity contribution is 5.99. The smallest absolute Gasteiger partial charge is 0.307 e. The molecule has 26 heavy (non-hydrogen) atoms. The second kappa shape index (κ2) is 7.23. The molecule has 2 aromatic rings. The molecule has 2 N–H and O–H groups in total. The lowest BCUT2D eigenvalue weighted by Crippen LogP contribution is -2.38. The summed E-state index contributed by atoms with van der Waals surface area (Å²) in [5.41, 5.74) is 0.335. The summed E-state index contributed by atoms with van der Waals surface area (Å²) in [6, 6.07) is 9.84. The fourth-order valence-corrected chi connectivity index (χ4v) is 3.61. The minimum absolute atomic E-state index is 0.0983. The third kappa shape index (κ3) is 3.59. The molecule has 1 aliphatic rings. The second-order valence-electron chi connectivity index (χ2n) is 6.63. The lowest BCUT2D eigenvalue weighted by Gasteiger charge is -2.28. The zero-order chi connectivity index (χ0) is 18.7. The van der Waals surface area contributed by atoms with Crippen molar-refractivity contribution >= 4 is 17.6 Å². The van der Waals surface area contributed by atoms with Crippen molar-refractivity contribution in [1.82, 2.24) is 0 Å². The molecule has 0 atom stereocenters. The van der Waals surface area contributed by atoms with Gasteiger partial charge in [0.15, 0.2) is 0 Å². The van der Waals surface area contributed by atoms with Crippen molar-refractivity contribution in [2.45, 2.75) is 37.5 Å². The van der Waals surface area contributed by atoms with Gasteiger partial charge in [-0.05, 0) is 36.6 Å². The number of rotatable bonds is 5. The molecule has 2 aromatic carbocycles. The van der Waals surface area contributed by atoms with Gasteiger partial charge in [-0.2, -0.15) is 0 Å². The number of carbonyl (C=O) groups is 2. The van der Waals surface area contributed by atoms with Gasteiger partial charge in [-0.1, -0.05) is 31.0 Å². The molecule has 0 unspecified atom stereocenters. The van der Waals surface area contributed by atoms with E-state index in [1.54, 1.807) is 24.3 Å². The Kier molecular flexibility index (Phi) is 5.02. The summed E-state index contributed by atoms with van der Waals surface area (Å²) in [5.74, 6) is -2.64. The highest BCUT2D eigenvalue weighted by Gasteiger charge is 2.44. The molecule has 0 radical (unpaired) electrons. The van der Waals surface area contributed by atoms with Gasteiger partial charge in [0.1, 0.15) is 11.6 Å². The molecule has 0 spiro atoms. The van der Waals surface area contributed by atoms with E-state index >= 15 is 0 Å². The van der Waals surface area contributed by atoms with E-state index in [0.29, 0.717) is 24.1 Å². The number of carboxylic acids is 1. The fourth-order valence-electron chi connectivity index (χ4n) is 3.61. The maximum Gasteiger partial charge on any atom is 0.307 e. The van der Waals surface area contributed by atoms with Gasteiger partial charge in [-0.3, -0.25) is 9.59 Å². The average Bonchev–Trinajstić information content (AvgIpc) is 3.07. The summed E-state index contributed by atoms with van der Waals surface area (Å²) in [6.07, 6.45) is 2.49. The van der Waals surface area contributed by atoms with Crippen LogP contribution in [0.2, 0.25) is 0 Å². The summed E-state index contributed by atoms with van der Waals surface area (Å²) in [6.45, 7) is 0. The van der Waals surface area contributed by atoms with E-state index in [1.807, 2.05) is 0 Å². The van der Waals surface area contributed by atoms with Crippen LogP contribution < -0.4 is 5.32 Å². The normalized spacial score (nSPS) is 15.6. The van der Waals surface area contributed by atoms with Crippen LogP contribution >= 0.6 is 0 Å². The van der Waals surface area contributed by atoms with Crippen molar-refractivity contribution in [1.29, 1.82) is 0 Å². The number of hydrogen-bond acceptors (Lipinski definition) is 2. The lowest BCUT2D eigenvalue weighted by atomic mass is 9.77. The first kappa shape index (κ1) is 18.0. The van der Waals surface area contributed by atoms with E-state index in [9.17, 15) is 18.4 Å². The maximum atomic E-state index is 14.3. The Bertz CT molecular complexity index is 827. The number of amides is 1. The monoisotopic (exact) mass is 359 g/mol. The highest BCUT2D eigenvalue weighted by Crippen LogP contribution is 2.43. The number of carbonyl (C=O) groups excluding carboxylic acids is 1. The molecule has 1 aliphatic carbocycles. The first-order valence-corrected chi connectivity index (χ1v) is 8.48. The van der Waals surface area contributed by atoms with E-state index in [0.717, 1.165) is 18.9 Å². The van der Waals surface area contributed by atoms with Gasteiger partial charge in [-0.25, -0.2) is 8.78 Å². The Hall–Kier alpha value is -2.76. The quantitative estimate of drug-likeness (QED) is 0.847. The third-order valence-corrected chi connectivity index (χ3v) is 4.91. The Labute approximate surface area is 149 Å². The van der Waals surface area contributed by atoms with Crippen molar-refractivity contribution in [2.24, 2.45) is 0 Å². The van der Waals surface area contributed by atoms with Gasteiger partial charge >= 0.3 is 5.97 Å². The molecule has 1 saturated carbocycles. The van der Waals surface area contributed by atoms with Crippen molar-refractivity contribution in [3.63, 3.8) is 0 Å². The zero-order valence-corrected chi connectivity index (χ0v) is 14.1. The number of hydrogen-bond donors (Lipinski definition) is 2. The zero-order valence-electron chi connectivity index (χ0n) is 14.1. The molecule has 0 aromatic heterocycles. The van der Waals surface area contributed by atoms with Crippen LogP contribution in [-0.2, 0) is 21.4 Å². The van der Waals surface area contributed by atoms with Crippen LogP contribution in [-0.4, -0.2) is 17.0 Å². The predicted molar refractivity (Wildman–Crippen MR) is 92.9 cm³/mol. The molecule has 0 bridgehead atoms. The van der Waals surface area contributed by atoms with E-state index in [-0.39, 0.29) is 17.9 Å². The standard InChI is InChI=1S/C20H19F2NO3/c21-14-5-8-16(17(22)12-14)20(9-1-2-10-20)19(26)23-15-6-3-13(4-7-15)11-18(24)25/h3-8,12H,1-2,9-11H2,(H,23,26)(H,24,25). The Morgan fingerprint density at radius 2 is 1.69 bits per heavy atom. The summed E-state index contributed by atoms with van der Waals surface area (Å²) in [7, 11) is 0. The van der Waals surface area contributed by atoms with Gasteiger partial charge in [0, 0.05) is 17.3 Å². The summed E-state index contributed by atoms with van der Waals surface area (Å²) in [5, 5.41) is 11.6. The first-order chi connectivity index (χ1) is 12.4. The van der Waals surface area contributed by atoms with Crippen molar-refractivity contribution in [2.75, 3.05) is 5.32 Å². The SMILES string of the molecule is O=C(O)Cc1ccc(NC(=O)C2(c3ccc(F)cc3F)CCCC2)cc1. The number of halogens is 2. The molecule has 0 saturated heterocycles. The van der Waals surface area contributed by atoms with E-state index in [2.05, 4.69) is 5.32 Å². The van der Waals surface area contributed by atoms with Gasteiger partial charge < -0.3 is 10.4 Å². The van der Waals surface area contributed by atoms with Crippen LogP contribution in [0.1, 0.15) is 36.8 Å². The summed E-state index contributed by atoms with van der Waals surface area (Å²) >= 11 is 0. The van der Waals surface area contributed by atoms with Crippen LogP contribution in [0.5, 0.6) is 0 Å². The first-order valence-electron chi connectivity index (χ1n) is 8.48. The number of benzene rings is 2. The molecule has 0 aliphatic heterocycles. The fraction of sp³-hybridized carbons (Fsp3) is 0.300. The summed E-state index contributed by atoms with van der Waals surface area (Å²) < 4.78 is 27.6. The summed E-state index contributed by atoms with van der Waals surface area (Å²) in [4.78, 5) is 23.7. The van der Waals surface area contributed by atoms with E-state index in [4.69, 9.17) is 5.11 Å². The molecule has 136 valence electrons. The second-order valence-corrected chi connectivity index (χ2v) is 6.63. The van der Waals surface area contributed by atoms with Crippen LogP contribution in [0.25, 0.3) is 0 Å². The molecule has 3 rings (SSSR count). The van der Waals surface area contributed by atoms with Crippen molar-refractivity contribution in [3.05, 3.63) is 65.2 Å². The van der Waals surface area contributed by atoms with Crippen LogP contribution in [0.4, 0.5) is 14.5 Å². The van der Waals surface area contributed by atoms with Crippen LogP contribution in [0, 0.1) is 11.6 Å². The van der Waals surface area contributed by atoms with E-state index in [1.165, 1.54) is 12.1 Å². The van der Waals surface area contributed by atoms with Gasteiger partial charge in [-0.15, -0.1) is 0 Å². The van der Waals surface area contributed by atoms with Crippen LogP contribution in [0.15, 0.2) is 42.5 Å². The third-order valence-electron chi connectivity index (χ3n) is 4.91. The van der Waals surface area contributed by atoms with E-state index < -0.39 is 23.0 Å². The molecule has 6 heteroatoms. The van der Waals surface area contributed by atoms with Crippen molar-refractivity contribution < 1.29 is 23.5 Å². The predicted octanol–water partition coefficient (Wildman–Crippen LogP) is 4.04. The molecular formula is C20H19F2NO3. The topological polar surface area (TPSA) is 66.4 Å². The number of anilines is 1. The number of nitrogens with one attached hydrogen (secondary N) is 1. The molecule has 4 nitrogen and oxygen atoms in total. The largest absolute Gasteiger partial charge is 0.481 e. The molecule has 1 fully saturated rings. The molecular weight excluding hydrogens is 340 g/mol. The number of carboxylic acid groups (broad SMARTS) is 1. The number of aliphatic carboxylic acids is 1. The van der Waals surface area contributed by atoms with Crippen LogP contribution in [0.3, 0.4) is 0 Å². The van der Waals surface area contributed by atoms with Gasteiger partial charge in [0.2, 0.25) is 5.91 Å². The maximum absolute atomic E-state index is 14.3. The Morgan fingerprint density at radius 3 is 2.27 bits per heavy atom. The molecule has 0 heterocycles. The minimum atomic E-state index is -1.02. The van der Waals surface area contributed by atoms with Crippen molar-refractivity contribution in [3.8, 4) is 0 Å². The van der Waals surface area contributed by atoms with Gasteiger partial charge in [0.05, 0.1) is 11.8 Å². The Balaban J connectivity index is 1.84. The van der Waals surface area contributed by atoms with Gasteiger partial charge in [0.25, 0.3) is 0 Å². The Morgan fingerprint density at radius 1 is 1.04 bits per heavy atom. The lowest BCUT2D eigenvalue weighted by molar-refractivity contribution is -0.136. The highest BCUT2D eigenvalue weighted by atomic mass is 19.1. The molecule has 1 amide bonds.